The van der Waals surface area contributed by atoms with E-state index in [0.717, 1.165) is 18.7 Å². The van der Waals surface area contributed by atoms with Crippen LogP contribution in [0.5, 0.6) is 0 Å². The summed E-state index contributed by atoms with van der Waals surface area (Å²) in [5.74, 6) is 0. The van der Waals surface area contributed by atoms with Gasteiger partial charge in [-0.15, -0.1) is 0 Å². The molecular weight excluding hydrogens is 162 g/mol. The number of anilines is 1. The maximum absolute atomic E-state index is 9.04. The molecule has 0 saturated heterocycles. The molecule has 0 aliphatic rings. The van der Waals surface area contributed by atoms with Crippen molar-refractivity contribution < 1.29 is 5.11 Å². The average Bonchev–Trinajstić information content (AvgIpc) is 2.03. The zero-order chi connectivity index (χ0) is 9.68. The van der Waals surface area contributed by atoms with E-state index in [2.05, 4.69) is 24.4 Å². The third-order valence-electron chi connectivity index (χ3n) is 1.91. The summed E-state index contributed by atoms with van der Waals surface area (Å²) in [7, 11) is 0. The van der Waals surface area contributed by atoms with Crippen LogP contribution in [-0.4, -0.2) is 17.8 Å². The topological polar surface area (TPSA) is 32.3 Å². The molecule has 0 spiro atoms. The summed E-state index contributed by atoms with van der Waals surface area (Å²) in [5.41, 5.74) is 2.38. The van der Waals surface area contributed by atoms with Crippen LogP contribution in [0.1, 0.15) is 18.9 Å². The van der Waals surface area contributed by atoms with Crippen molar-refractivity contribution in [3.05, 3.63) is 29.8 Å². The lowest BCUT2D eigenvalue weighted by atomic mass is 10.2. The number of aliphatic hydroxyl groups excluding tert-OH is 1. The monoisotopic (exact) mass is 179 g/mol. The van der Waals surface area contributed by atoms with Crippen LogP contribution in [-0.2, 0) is 0 Å². The quantitative estimate of drug-likeness (QED) is 0.742. The first kappa shape index (κ1) is 10.1. The molecular formula is C11H17NO. The highest BCUT2D eigenvalue weighted by Crippen LogP contribution is 2.09. The summed E-state index contributed by atoms with van der Waals surface area (Å²) in [4.78, 5) is 0. The third-order valence-corrected chi connectivity index (χ3v) is 1.91. The van der Waals surface area contributed by atoms with Gasteiger partial charge >= 0.3 is 0 Å². The molecule has 1 atom stereocenters. The van der Waals surface area contributed by atoms with Gasteiger partial charge in [-0.05, 0) is 38.0 Å². The molecule has 1 unspecified atom stereocenters. The normalized spacial score (nSPS) is 12.5. The van der Waals surface area contributed by atoms with Crippen LogP contribution >= 0.6 is 0 Å². The standard InChI is InChI=1S/C11H17NO/c1-9-4-3-5-11(8-9)12-7-6-10(2)13/h3-5,8,10,12-13H,6-7H2,1-2H3. The number of aryl methyl sites for hydroxylation is 1. The van der Waals surface area contributed by atoms with Crippen molar-refractivity contribution in [2.45, 2.75) is 26.4 Å². The van der Waals surface area contributed by atoms with Crippen molar-refractivity contribution in [3.8, 4) is 0 Å². The SMILES string of the molecule is Cc1cccc(NCCC(C)O)c1. The fraction of sp³-hybridized carbons (Fsp3) is 0.455. The molecule has 1 aromatic rings. The second-order valence-electron chi connectivity index (χ2n) is 3.43. The van der Waals surface area contributed by atoms with E-state index in [1.54, 1.807) is 6.92 Å². The zero-order valence-corrected chi connectivity index (χ0v) is 8.25. The minimum absolute atomic E-state index is 0.225. The molecule has 0 aliphatic carbocycles. The molecule has 2 N–H and O–H groups in total. The molecule has 13 heavy (non-hydrogen) atoms. The van der Waals surface area contributed by atoms with Gasteiger partial charge in [0.15, 0.2) is 0 Å². The second kappa shape index (κ2) is 4.87. The highest BCUT2D eigenvalue weighted by molar-refractivity contribution is 5.45. The number of hydrogen-bond acceptors (Lipinski definition) is 2. The molecule has 0 bridgehead atoms. The maximum Gasteiger partial charge on any atom is 0.0528 e. The lowest BCUT2D eigenvalue weighted by Gasteiger charge is -2.08. The van der Waals surface area contributed by atoms with Gasteiger partial charge in [-0.25, -0.2) is 0 Å². The maximum atomic E-state index is 9.04. The Morgan fingerprint density at radius 1 is 1.46 bits per heavy atom. The van der Waals surface area contributed by atoms with Crippen LogP contribution < -0.4 is 5.32 Å². The van der Waals surface area contributed by atoms with E-state index in [-0.39, 0.29) is 6.10 Å². The molecule has 1 rings (SSSR count). The van der Waals surface area contributed by atoms with Crippen molar-refractivity contribution >= 4 is 5.69 Å². The van der Waals surface area contributed by atoms with Crippen molar-refractivity contribution in [2.24, 2.45) is 0 Å². The van der Waals surface area contributed by atoms with Gasteiger partial charge in [0.05, 0.1) is 6.10 Å². The summed E-state index contributed by atoms with van der Waals surface area (Å²) >= 11 is 0. The molecule has 0 saturated carbocycles. The molecule has 1 aromatic carbocycles. The zero-order valence-electron chi connectivity index (χ0n) is 8.25. The highest BCUT2D eigenvalue weighted by Gasteiger charge is 1.95. The smallest absolute Gasteiger partial charge is 0.0528 e. The van der Waals surface area contributed by atoms with Crippen LogP contribution in [0.25, 0.3) is 0 Å². The number of hydrogen-bond donors (Lipinski definition) is 2. The van der Waals surface area contributed by atoms with Crippen LogP contribution in [0.2, 0.25) is 0 Å². The van der Waals surface area contributed by atoms with E-state index >= 15 is 0 Å². The summed E-state index contributed by atoms with van der Waals surface area (Å²) in [6.45, 7) is 4.69. The van der Waals surface area contributed by atoms with E-state index in [4.69, 9.17) is 5.11 Å². The van der Waals surface area contributed by atoms with E-state index in [1.807, 2.05) is 12.1 Å². The number of benzene rings is 1. The van der Waals surface area contributed by atoms with E-state index in [9.17, 15) is 0 Å². The van der Waals surface area contributed by atoms with Crippen molar-refractivity contribution in [3.63, 3.8) is 0 Å². The first-order valence-electron chi connectivity index (χ1n) is 4.67. The first-order valence-corrected chi connectivity index (χ1v) is 4.67. The van der Waals surface area contributed by atoms with E-state index in [1.165, 1.54) is 5.56 Å². The van der Waals surface area contributed by atoms with Gasteiger partial charge in [0, 0.05) is 12.2 Å². The molecule has 2 heteroatoms. The lowest BCUT2D eigenvalue weighted by molar-refractivity contribution is 0.189. The van der Waals surface area contributed by atoms with Gasteiger partial charge in [0.1, 0.15) is 0 Å². The molecule has 0 heterocycles. The Morgan fingerprint density at radius 3 is 2.85 bits per heavy atom. The molecule has 2 nitrogen and oxygen atoms in total. The lowest BCUT2D eigenvalue weighted by Crippen LogP contribution is -2.09. The fourth-order valence-electron chi connectivity index (χ4n) is 1.18. The Morgan fingerprint density at radius 2 is 2.23 bits per heavy atom. The molecule has 0 aliphatic heterocycles. The van der Waals surface area contributed by atoms with E-state index in [0.29, 0.717) is 0 Å². The molecule has 0 radical (unpaired) electrons. The minimum atomic E-state index is -0.225. The average molecular weight is 179 g/mol. The van der Waals surface area contributed by atoms with Crippen LogP contribution in [0.4, 0.5) is 5.69 Å². The molecule has 0 aromatic heterocycles. The molecule has 0 amide bonds. The summed E-state index contributed by atoms with van der Waals surface area (Å²) in [5, 5.41) is 12.3. The predicted molar refractivity (Wildman–Crippen MR) is 56.0 cm³/mol. The van der Waals surface area contributed by atoms with Gasteiger partial charge in [-0.2, -0.15) is 0 Å². The Bertz CT molecular complexity index is 258. The van der Waals surface area contributed by atoms with Gasteiger partial charge < -0.3 is 10.4 Å². The summed E-state index contributed by atoms with van der Waals surface area (Å²) in [6.07, 6.45) is 0.561. The predicted octanol–water partition coefficient (Wildman–Crippen LogP) is 2.18. The van der Waals surface area contributed by atoms with Crippen molar-refractivity contribution in [1.29, 1.82) is 0 Å². The van der Waals surface area contributed by atoms with Gasteiger partial charge in [-0.1, -0.05) is 12.1 Å². The van der Waals surface area contributed by atoms with Crippen molar-refractivity contribution in [2.75, 3.05) is 11.9 Å². The fourth-order valence-corrected chi connectivity index (χ4v) is 1.18. The summed E-state index contributed by atoms with van der Waals surface area (Å²) < 4.78 is 0. The van der Waals surface area contributed by atoms with Gasteiger partial charge in [0.2, 0.25) is 0 Å². The number of rotatable bonds is 4. The van der Waals surface area contributed by atoms with Gasteiger partial charge in [-0.3, -0.25) is 0 Å². The Balaban J connectivity index is 2.37. The van der Waals surface area contributed by atoms with Crippen LogP contribution in [0, 0.1) is 6.92 Å². The Hall–Kier alpha value is -1.02. The Labute approximate surface area is 79.6 Å². The van der Waals surface area contributed by atoms with Crippen molar-refractivity contribution in [1.82, 2.24) is 0 Å². The largest absolute Gasteiger partial charge is 0.393 e. The highest BCUT2D eigenvalue weighted by atomic mass is 16.3. The van der Waals surface area contributed by atoms with Crippen LogP contribution in [0.15, 0.2) is 24.3 Å². The number of aliphatic hydroxyl groups is 1. The summed E-state index contributed by atoms with van der Waals surface area (Å²) in [6, 6.07) is 8.23. The second-order valence-corrected chi connectivity index (χ2v) is 3.43. The van der Waals surface area contributed by atoms with E-state index < -0.39 is 0 Å². The van der Waals surface area contributed by atoms with Crippen LogP contribution in [0.3, 0.4) is 0 Å². The minimum Gasteiger partial charge on any atom is -0.393 e. The molecule has 72 valence electrons. The molecule has 0 fully saturated rings. The Kier molecular flexibility index (Phi) is 3.77. The number of nitrogens with one attached hydrogen (secondary N) is 1. The van der Waals surface area contributed by atoms with Gasteiger partial charge in [0.25, 0.3) is 0 Å². The third kappa shape index (κ3) is 3.95. The first-order chi connectivity index (χ1) is 6.18.